The van der Waals surface area contributed by atoms with Crippen molar-refractivity contribution in [1.82, 2.24) is 15.3 Å². The number of carbonyl (C=O) groups is 1. The maximum absolute atomic E-state index is 11.9. The second-order valence-electron chi connectivity index (χ2n) is 5.90. The molecule has 2 atom stereocenters. The lowest BCUT2D eigenvalue weighted by Crippen LogP contribution is -2.39. The molecule has 0 aliphatic heterocycles. The van der Waals surface area contributed by atoms with Gasteiger partial charge in [-0.15, -0.1) is 11.8 Å². The van der Waals surface area contributed by atoms with E-state index >= 15 is 0 Å². The van der Waals surface area contributed by atoms with Crippen molar-refractivity contribution in [3.05, 3.63) is 30.1 Å². The molecule has 6 heteroatoms. The van der Waals surface area contributed by atoms with E-state index < -0.39 is 0 Å². The molecular weight excluding hydrogens is 296 g/mol. The second kappa shape index (κ2) is 6.71. The Morgan fingerprint density at radius 2 is 2.27 bits per heavy atom. The van der Waals surface area contributed by atoms with Crippen LogP contribution in [0.1, 0.15) is 30.8 Å². The first-order chi connectivity index (χ1) is 10.6. The van der Waals surface area contributed by atoms with Crippen LogP contribution in [0, 0.1) is 5.92 Å². The molecule has 0 bridgehead atoms. The number of imidazole rings is 1. The predicted octanol–water partition coefficient (Wildman–Crippen LogP) is 2.21. The number of aromatic nitrogens is 2. The maximum atomic E-state index is 11.9. The molecule has 22 heavy (non-hydrogen) atoms. The molecule has 1 saturated carbocycles. The number of hydrogen-bond acceptors (Lipinski definition) is 4. The smallest absolute Gasteiger partial charge is 0.230 e. The Hall–Kier alpha value is -1.53. The summed E-state index contributed by atoms with van der Waals surface area (Å²) in [6, 6.07) is 8.06. The topological polar surface area (TPSA) is 83.8 Å². The quantitative estimate of drug-likeness (QED) is 0.731. The molecule has 0 radical (unpaired) electrons. The van der Waals surface area contributed by atoms with Gasteiger partial charge in [0.15, 0.2) is 0 Å². The molecule has 1 aliphatic carbocycles. The number of rotatable bonds is 7. The average Bonchev–Trinajstić information content (AvgIpc) is 3.28. The molecule has 0 spiro atoms. The molecule has 1 heterocycles. The summed E-state index contributed by atoms with van der Waals surface area (Å²) in [6.45, 7) is 2.65. The van der Waals surface area contributed by atoms with Crippen molar-refractivity contribution in [1.29, 1.82) is 0 Å². The Morgan fingerprint density at radius 1 is 1.50 bits per heavy atom. The number of nitrogens with one attached hydrogen (secondary N) is 2. The summed E-state index contributed by atoms with van der Waals surface area (Å²) in [5, 5.41) is 3.07. The van der Waals surface area contributed by atoms with E-state index in [1.807, 2.05) is 24.3 Å². The van der Waals surface area contributed by atoms with Crippen LogP contribution < -0.4 is 11.1 Å². The largest absolute Gasteiger partial charge is 0.354 e. The highest BCUT2D eigenvalue weighted by Gasteiger charge is 2.28. The average molecular weight is 318 g/mol. The maximum Gasteiger partial charge on any atom is 0.230 e. The van der Waals surface area contributed by atoms with E-state index in [0.717, 1.165) is 16.9 Å². The van der Waals surface area contributed by atoms with Gasteiger partial charge in [0.05, 0.1) is 22.0 Å². The molecule has 1 aromatic heterocycles. The lowest BCUT2D eigenvalue weighted by Gasteiger charge is -2.12. The minimum Gasteiger partial charge on any atom is -0.354 e. The van der Waals surface area contributed by atoms with Crippen LogP contribution in [0.25, 0.3) is 11.0 Å². The van der Waals surface area contributed by atoms with Crippen LogP contribution in [0.4, 0.5) is 0 Å². The van der Waals surface area contributed by atoms with Crippen molar-refractivity contribution in [2.45, 2.75) is 31.1 Å². The number of hydrogen-bond donors (Lipinski definition) is 3. The van der Waals surface area contributed by atoms with Gasteiger partial charge in [-0.3, -0.25) is 4.79 Å². The Kier molecular flexibility index (Phi) is 4.69. The highest BCUT2D eigenvalue weighted by atomic mass is 32.2. The minimum atomic E-state index is 0.0454. The number of aromatic amines is 1. The fourth-order valence-corrected chi connectivity index (χ4v) is 3.19. The first kappa shape index (κ1) is 15.4. The zero-order chi connectivity index (χ0) is 15.5. The fraction of sp³-hybridized carbons (Fsp3) is 0.500. The lowest BCUT2D eigenvalue weighted by molar-refractivity contribution is -0.118. The Balaban J connectivity index is 1.46. The zero-order valence-corrected chi connectivity index (χ0v) is 13.5. The molecule has 2 unspecified atom stereocenters. The summed E-state index contributed by atoms with van der Waals surface area (Å²) >= 11 is 1.58. The molecule has 1 aromatic carbocycles. The SMILES string of the molecule is CC(SCC(=O)NCC(N)C1CC1)c1nc2ccccc2[nH]1. The van der Waals surface area contributed by atoms with Crippen LogP contribution in [-0.4, -0.2) is 34.2 Å². The number of benzene rings is 1. The van der Waals surface area contributed by atoms with Crippen molar-refractivity contribution in [3.8, 4) is 0 Å². The van der Waals surface area contributed by atoms with Crippen molar-refractivity contribution < 1.29 is 4.79 Å². The van der Waals surface area contributed by atoms with E-state index in [1.165, 1.54) is 12.8 Å². The third kappa shape index (κ3) is 3.81. The van der Waals surface area contributed by atoms with E-state index in [2.05, 4.69) is 22.2 Å². The molecule has 4 N–H and O–H groups in total. The summed E-state index contributed by atoms with van der Waals surface area (Å²) in [5.74, 6) is 2.00. The van der Waals surface area contributed by atoms with Gasteiger partial charge < -0.3 is 16.0 Å². The number of amides is 1. The summed E-state index contributed by atoms with van der Waals surface area (Å²) in [5.41, 5.74) is 7.98. The van der Waals surface area contributed by atoms with E-state index in [0.29, 0.717) is 18.2 Å². The Bertz CT molecular complexity index is 619. The number of H-pyrrole nitrogens is 1. The molecule has 1 aliphatic rings. The van der Waals surface area contributed by atoms with Gasteiger partial charge in [0, 0.05) is 12.6 Å². The molecule has 1 fully saturated rings. The minimum absolute atomic E-state index is 0.0454. The van der Waals surface area contributed by atoms with Gasteiger partial charge in [0.2, 0.25) is 5.91 Å². The van der Waals surface area contributed by atoms with Gasteiger partial charge in [0.25, 0.3) is 0 Å². The number of carbonyl (C=O) groups excluding carboxylic acids is 1. The van der Waals surface area contributed by atoms with Crippen LogP contribution in [0.15, 0.2) is 24.3 Å². The summed E-state index contributed by atoms with van der Waals surface area (Å²) in [7, 11) is 0. The first-order valence-corrected chi connectivity index (χ1v) is 8.77. The molecule has 3 rings (SSSR count). The van der Waals surface area contributed by atoms with Gasteiger partial charge in [0.1, 0.15) is 5.82 Å². The molecule has 2 aromatic rings. The highest BCUT2D eigenvalue weighted by Crippen LogP contribution is 2.31. The van der Waals surface area contributed by atoms with Crippen molar-refractivity contribution >= 4 is 28.7 Å². The zero-order valence-electron chi connectivity index (χ0n) is 12.7. The van der Waals surface area contributed by atoms with Gasteiger partial charge in [-0.05, 0) is 37.8 Å². The summed E-state index contributed by atoms with van der Waals surface area (Å²) in [6.07, 6.45) is 2.41. The second-order valence-corrected chi connectivity index (χ2v) is 7.23. The third-order valence-corrected chi connectivity index (χ3v) is 5.17. The molecule has 5 nitrogen and oxygen atoms in total. The van der Waals surface area contributed by atoms with Crippen LogP contribution in [0.3, 0.4) is 0 Å². The fourth-order valence-electron chi connectivity index (χ4n) is 2.42. The van der Waals surface area contributed by atoms with Gasteiger partial charge in [-0.25, -0.2) is 4.98 Å². The van der Waals surface area contributed by atoms with E-state index in [4.69, 9.17) is 5.73 Å². The van der Waals surface area contributed by atoms with Gasteiger partial charge in [-0.2, -0.15) is 0 Å². The molecular formula is C16H22N4OS. The summed E-state index contributed by atoms with van der Waals surface area (Å²) < 4.78 is 0. The Labute approximate surface area is 134 Å². The normalized spacial score (nSPS) is 17.4. The van der Waals surface area contributed by atoms with Crippen molar-refractivity contribution in [3.63, 3.8) is 0 Å². The molecule has 0 saturated heterocycles. The first-order valence-electron chi connectivity index (χ1n) is 7.72. The Morgan fingerprint density at radius 3 is 3.00 bits per heavy atom. The predicted molar refractivity (Wildman–Crippen MR) is 90.7 cm³/mol. The standard InChI is InChI=1S/C16H22N4OS/c1-10(16-19-13-4-2-3-5-14(13)20-16)22-9-15(21)18-8-12(17)11-6-7-11/h2-5,10-12H,6-9,17H2,1H3,(H,18,21)(H,19,20). The van der Waals surface area contributed by atoms with E-state index in [-0.39, 0.29) is 17.2 Å². The third-order valence-electron chi connectivity index (χ3n) is 4.02. The highest BCUT2D eigenvalue weighted by molar-refractivity contribution is 8.00. The van der Waals surface area contributed by atoms with Crippen LogP contribution >= 0.6 is 11.8 Å². The molecule has 1 amide bonds. The lowest BCUT2D eigenvalue weighted by atomic mass is 10.2. The number of thioether (sulfide) groups is 1. The number of para-hydroxylation sites is 2. The van der Waals surface area contributed by atoms with E-state index in [9.17, 15) is 4.79 Å². The van der Waals surface area contributed by atoms with Crippen LogP contribution in [-0.2, 0) is 4.79 Å². The van der Waals surface area contributed by atoms with E-state index in [1.54, 1.807) is 11.8 Å². The number of nitrogens with two attached hydrogens (primary N) is 1. The van der Waals surface area contributed by atoms with Gasteiger partial charge >= 0.3 is 0 Å². The van der Waals surface area contributed by atoms with Gasteiger partial charge in [-0.1, -0.05) is 12.1 Å². The van der Waals surface area contributed by atoms with Crippen molar-refractivity contribution in [2.75, 3.05) is 12.3 Å². The number of fused-ring (bicyclic) bond motifs is 1. The van der Waals surface area contributed by atoms with Crippen molar-refractivity contribution in [2.24, 2.45) is 11.7 Å². The molecule has 118 valence electrons. The van der Waals surface area contributed by atoms with Crippen LogP contribution in [0.2, 0.25) is 0 Å². The monoisotopic (exact) mass is 318 g/mol. The number of nitrogens with zero attached hydrogens (tertiary/aromatic N) is 1. The summed E-state index contributed by atoms with van der Waals surface area (Å²) in [4.78, 5) is 19.8. The van der Waals surface area contributed by atoms with Crippen LogP contribution in [0.5, 0.6) is 0 Å².